The summed E-state index contributed by atoms with van der Waals surface area (Å²) in [5.74, 6) is 0.568. The first-order chi connectivity index (χ1) is 10.0. The van der Waals surface area contributed by atoms with Crippen LogP contribution in [0.2, 0.25) is 10.0 Å². The number of carbonyl (C=O) groups excluding carboxylic acids is 1. The Hall–Kier alpha value is -1.71. The van der Waals surface area contributed by atoms with Crippen molar-refractivity contribution in [3.63, 3.8) is 0 Å². The molecule has 1 heterocycles. The SMILES string of the molecule is CC1Oc2ccc(Cl)cc2N(Cc2cccc(Cl)c2)C1=O. The summed E-state index contributed by atoms with van der Waals surface area (Å²) in [5.41, 5.74) is 1.64. The average molecular weight is 322 g/mol. The topological polar surface area (TPSA) is 29.5 Å². The van der Waals surface area contributed by atoms with Crippen molar-refractivity contribution in [3.05, 3.63) is 58.1 Å². The van der Waals surface area contributed by atoms with E-state index >= 15 is 0 Å². The Bertz CT molecular complexity index is 702. The summed E-state index contributed by atoms with van der Waals surface area (Å²) < 4.78 is 5.61. The van der Waals surface area contributed by atoms with Gasteiger partial charge in [-0.3, -0.25) is 4.79 Å². The lowest BCUT2D eigenvalue weighted by atomic mass is 10.1. The normalized spacial score (nSPS) is 17.4. The molecule has 1 amide bonds. The molecule has 1 aliphatic heterocycles. The molecule has 1 aliphatic rings. The number of carbonyl (C=O) groups is 1. The quantitative estimate of drug-likeness (QED) is 0.825. The van der Waals surface area contributed by atoms with Crippen molar-refractivity contribution < 1.29 is 9.53 Å². The summed E-state index contributed by atoms with van der Waals surface area (Å²) >= 11 is 12.0. The molecule has 0 saturated heterocycles. The molecule has 2 aromatic rings. The standard InChI is InChI=1S/C16H13Cl2NO2/c1-10-16(20)19(9-11-3-2-4-12(17)7-11)14-8-13(18)5-6-15(14)21-10/h2-8,10H,9H2,1H3. The number of fused-ring (bicyclic) bond motifs is 1. The molecule has 3 rings (SSSR count). The Morgan fingerprint density at radius 1 is 1.14 bits per heavy atom. The van der Waals surface area contributed by atoms with Gasteiger partial charge < -0.3 is 9.64 Å². The Balaban J connectivity index is 2.00. The predicted molar refractivity (Wildman–Crippen MR) is 84.2 cm³/mol. The fraction of sp³-hybridized carbons (Fsp3) is 0.188. The molecule has 1 unspecified atom stereocenters. The second-order valence-corrected chi connectivity index (χ2v) is 5.80. The van der Waals surface area contributed by atoms with Gasteiger partial charge in [-0.25, -0.2) is 0 Å². The van der Waals surface area contributed by atoms with Gasteiger partial charge in [0.15, 0.2) is 6.10 Å². The second-order valence-electron chi connectivity index (χ2n) is 4.93. The molecule has 2 aromatic carbocycles. The molecule has 5 heteroatoms. The number of halogens is 2. The van der Waals surface area contributed by atoms with Crippen molar-refractivity contribution in [1.29, 1.82) is 0 Å². The third kappa shape index (κ3) is 2.85. The lowest BCUT2D eigenvalue weighted by molar-refractivity contribution is -0.125. The van der Waals surface area contributed by atoms with Crippen LogP contribution in [0.5, 0.6) is 5.75 Å². The van der Waals surface area contributed by atoms with Crippen LogP contribution in [0.25, 0.3) is 0 Å². The molecule has 0 fully saturated rings. The molecule has 108 valence electrons. The van der Waals surface area contributed by atoms with Crippen LogP contribution in [-0.2, 0) is 11.3 Å². The number of rotatable bonds is 2. The minimum Gasteiger partial charge on any atom is -0.479 e. The smallest absolute Gasteiger partial charge is 0.268 e. The molecule has 0 aliphatic carbocycles. The summed E-state index contributed by atoms with van der Waals surface area (Å²) in [6.45, 7) is 2.17. The molecule has 0 N–H and O–H groups in total. The van der Waals surface area contributed by atoms with Gasteiger partial charge in [0.05, 0.1) is 12.2 Å². The molecular weight excluding hydrogens is 309 g/mol. The number of nitrogens with zero attached hydrogens (tertiary/aromatic N) is 1. The van der Waals surface area contributed by atoms with Gasteiger partial charge in [0.2, 0.25) is 0 Å². The summed E-state index contributed by atoms with van der Waals surface area (Å²) in [6, 6.07) is 12.7. The number of benzene rings is 2. The third-order valence-electron chi connectivity index (χ3n) is 3.36. The van der Waals surface area contributed by atoms with E-state index in [-0.39, 0.29) is 5.91 Å². The minimum atomic E-state index is -0.516. The lowest BCUT2D eigenvalue weighted by Crippen LogP contribution is -2.43. The van der Waals surface area contributed by atoms with Crippen molar-refractivity contribution in [2.45, 2.75) is 19.6 Å². The van der Waals surface area contributed by atoms with Crippen molar-refractivity contribution in [1.82, 2.24) is 0 Å². The zero-order valence-electron chi connectivity index (χ0n) is 11.3. The van der Waals surface area contributed by atoms with Crippen LogP contribution in [0.3, 0.4) is 0 Å². The van der Waals surface area contributed by atoms with E-state index in [1.54, 1.807) is 36.1 Å². The van der Waals surface area contributed by atoms with E-state index in [2.05, 4.69) is 0 Å². The summed E-state index contributed by atoms with van der Waals surface area (Å²) in [6.07, 6.45) is -0.516. The molecular formula is C16H13Cl2NO2. The van der Waals surface area contributed by atoms with Crippen molar-refractivity contribution in [2.24, 2.45) is 0 Å². The summed E-state index contributed by atoms with van der Waals surface area (Å²) in [7, 11) is 0. The first-order valence-electron chi connectivity index (χ1n) is 6.56. The molecule has 1 atom stereocenters. The van der Waals surface area contributed by atoms with E-state index in [0.29, 0.717) is 28.0 Å². The van der Waals surface area contributed by atoms with Crippen molar-refractivity contribution in [2.75, 3.05) is 4.90 Å². The van der Waals surface area contributed by atoms with Gasteiger partial charge in [0.1, 0.15) is 5.75 Å². The van der Waals surface area contributed by atoms with Gasteiger partial charge >= 0.3 is 0 Å². The predicted octanol–water partition coefficient (Wildman–Crippen LogP) is 4.31. The average Bonchev–Trinajstić information content (AvgIpc) is 2.45. The van der Waals surface area contributed by atoms with E-state index in [1.165, 1.54) is 0 Å². The molecule has 0 bridgehead atoms. The molecule has 21 heavy (non-hydrogen) atoms. The highest BCUT2D eigenvalue weighted by molar-refractivity contribution is 6.31. The number of hydrogen-bond acceptors (Lipinski definition) is 2. The highest BCUT2D eigenvalue weighted by Crippen LogP contribution is 2.37. The molecule has 0 radical (unpaired) electrons. The van der Waals surface area contributed by atoms with Crippen LogP contribution in [0.1, 0.15) is 12.5 Å². The minimum absolute atomic E-state index is 0.0928. The molecule has 3 nitrogen and oxygen atoms in total. The molecule has 0 spiro atoms. The number of amides is 1. The van der Waals surface area contributed by atoms with Gasteiger partial charge in [-0.2, -0.15) is 0 Å². The maximum absolute atomic E-state index is 12.4. The Morgan fingerprint density at radius 3 is 2.67 bits per heavy atom. The number of hydrogen-bond donors (Lipinski definition) is 0. The number of ether oxygens (including phenoxy) is 1. The van der Waals surface area contributed by atoms with Gasteiger partial charge in [0.25, 0.3) is 5.91 Å². The van der Waals surface area contributed by atoms with Crippen LogP contribution in [0.15, 0.2) is 42.5 Å². The number of anilines is 1. The van der Waals surface area contributed by atoms with Crippen LogP contribution in [0, 0.1) is 0 Å². The zero-order valence-corrected chi connectivity index (χ0v) is 12.9. The molecule has 0 aromatic heterocycles. The Labute approximate surface area is 133 Å². The van der Waals surface area contributed by atoms with E-state index in [1.807, 2.05) is 18.2 Å². The largest absolute Gasteiger partial charge is 0.479 e. The van der Waals surface area contributed by atoms with E-state index in [9.17, 15) is 4.79 Å². The van der Waals surface area contributed by atoms with Gasteiger partial charge in [-0.05, 0) is 42.8 Å². The van der Waals surface area contributed by atoms with E-state index in [0.717, 1.165) is 5.56 Å². The third-order valence-corrected chi connectivity index (χ3v) is 3.83. The summed E-state index contributed by atoms with van der Waals surface area (Å²) in [5, 5.41) is 1.21. The maximum atomic E-state index is 12.4. The highest BCUT2D eigenvalue weighted by atomic mass is 35.5. The van der Waals surface area contributed by atoms with Crippen molar-refractivity contribution >= 4 is 34.8 Å². The molecule has 0 saturated carbocycles. The maximum Gasteiger partial charge on any atom is 0.268 e. The Kier molecular flexibility index (Phi) is 3.79. The summed E-state index contributed by atoms with van der Waals surface area (Å²) in [4.78, 5) is 14.1. The zero-order chi connectivity index (χ0) is 15.0. The van der Waals surface area contributed by atoms with Crippen LogP contribution < -0.4 is 9.64 Å². The van der Waals surface area contributed by atoms with Gasteiger partial charge in [0, 0.05) is 10.0 Å². The van der Waals surface area contributed by atoms with Crippen LogP contribution >= 0.6 is 23.2 Å². The van der Waals surface area contributed by atoms with Crippen LogP contribution in [0.4, 0.5) is 5.69 Å². The van der Waals surface area contributed by atoms with Gasteiger partial charge in [-0.15, -0.1) is 0 Å². The fourth-order valence-electron chi connectivity index (χ4n) is 2.36. The van der Waals surface area contributed by atoms with Crippen molar-refractivity contribution in [3.8, 4) is 5.75 Å². The first kappa shape index (κ1) is 14.2. The highest BCUT2D eigenvalue weighted by Gasteiger charge is 2.31. The van der Waals surface area contributed by atoms with E-state index < -0.39 is 6.10 Å². The van der Waals surface area contributed by atoms with E-state index in [4.69, 9.17) is 27.9 Å². The monoisotopic (exact) mass is 321 g/mol. The first-order valence-corrected chi connectivity index (χ1v) is 7.32. The Morgan fingerprint density at radius 2 is 1.90 bits per heavy atom. The fourth-order valence-corrected chi connectivity index (χ4v) is 2.74. The lowest BCUT2D eigenvalue weighted by Gasteiger charge is -2.33. The van der Waals surface area contributed by atoms with Gasteiger partial charge in [-0.1, -0.05) is 35.3 Å². The van der Waals surface area contributed by atoms with Crippen LogP contribution in [-0.4, -0.2) is 12.0 Å². The second kappa shape index (κ2) is 5.58.